The van der Waals surface area contributed by atoms with Gasteiger partial charge < -0.3 is 4.90 Å². The van der Waals surface area contributed by atoms with Gasteiger partial charge >= 0.3 is 0 Å². The molecule has 0 unspecified atom stereocenters. The predicted molar refractivity (Wildman–Crippen MR) is 84.0 cm³/mol. The molecule has 1 amide bonds. The number of hydrogen-bond donors (Lipinski definition) is 0. The maximum absolute atomic E-state index is 12.4. The van der Waals surface area contributed by atoms with Gasteiger partial charge in [-0.25, -0.2) is 8.42 Å². The number of hydrogen-bond acceptors (Lipinski definition) is 3. The van der Waals surface area contributed by atoms with E-state index in [1.165, 1.54) is 24.2 Å². The first-order chi connectivity index (χ1) is 9.80. The fourth-order valence-corrected chi connectivity index (χ4v) is 3.17. The van der Waals surface area contributed by atoms with Crippen LogP contribution in [0.5, 0.6) is 0 Å². The highest BCUT2D eigenvalue weighted by Gasteiger charge is 2.24. The summed E-state index contributed by atoms with van der Waals surface area (Å²) in [6.45, 7) is 0. The Bertz CT molecular complexity index is 604. The van der Waals surface area contributed by atoms with E-state index in [1.807, 2.05) is 11.9 Å². The van der Waals surface area contributed by atoms with Crippen molar-refractivity contribution in [3.8, 4) is 0 Å². The molecule has 1 aliphatic carbocycles. The number of sulfonamides is 1. The zero-order valence-electron chi connectivity index (χ0n) is 12.7. The van der Waals surface area contributed by atoms with Crippen molar-refractivity contribution in [1.82, 2.24) is 4.90 Å². The maximum Gasteiger partial charge on any atom is 0.253 e. The Morgan fingerprint density at radius 3 is 2.10 bits per heavy atom. The average molecular weight is 310 g/mol. The summed E-state index contributed by atoms with van der Waals surface area (Å²) >= 11 is 0. The first-order valence-corrected chi connectivity index (χ1v) is 8.96. The summed E-state index contributed by atoms with van der Waals surface area (Å²) in [6, 6.07) is 7.03. The summed E-state index contributed by atoms with van der Waals surface area (Å²) < 4.78 is 24.2. The van der Waals surface area contributed by atoms with Gasteiger partial charge in [0.15, 0.2) is 0 Å². The number of rotatable bonds is 4. The molecule has 0 bridgehead atoms. The summed E-state index contributed by atoms with van der Waals surface area (Å²) in [5.41, 5.74) is 1.15. The van der Waals surface area contributed by atoms with Crippen LogP contribution >= 0.6 is 0 Å². The lowest BCUT2D eigenvalue weighted by Gasteiger charge is -2.24. The molecule has 0 heterocycles. The third-order valence-corrected chi connectivity index (χ3v) is 5.37. The standard InChI is InChI=1S/C15H22N2O3S/c1-16(13-6-4-5-7-13)15(18)12-8-10-14(11-9-12)17(2)21(3,19)20/h8-11,13H,4-7H2,1-3H3. The monoisotopic (exact) mass is 310 g/mol. The lowest BCUT2D eigenvalue weighted by molar-refractivity contribution is 0.0735. The fraction of sp³-hybridized carbons (Fsp3) is 0.533. The van der Waals surface area contributed by atoms with Crippen LogP contribution < -0.4 is 4.31 Å². The minimum atomic E-state index is -3.28. The minimum Gasteiger partial charge on any atom is -0.339 e. The largest absolute Gasteiger partial charge is 0.339 e. The normalized spacial score (nSPS) is 16.0. The Morgan fingerprint density at radius 1 is 1.10 bits per heavy atom. The van der Waals surface area contributed by atoms with E-state index in [-0.39, 0.29) is 5.91 Å². The van der Waals surface area contributed by atoms with Gasteiger partial charge in [-0.15, -0.1) is 0 Å². The van der Waals surface area contributed by atoms with Gasteiger partial charge in [-0.1, -0.05) is 12.8 Å². The van der Waals surface area contributed by atoms with Crippen molar-refractivity contribution >= 4 is 21.6 Å². The number of carbonyl (C=O) groups excluding carboxylic acids is 1. The third-order valence-electron chi connectivity index (χ3n) is 4.17. The van der Waals surface area contributed by atoms with E-state index in [0.717, 1.165) is 19.1 Å². The average Bonchev–Trinajstić information content (AvgIpc) is 2.98. The molecule has 0 N–H and O–H groups in total. The van der Waals surface area contributed by atoms with E-state index >= 15 is 0 Å². The molecule has 5 nitrogen and oxygen atoms in total. The van der Waals surface area contributed by atoms with Gasteiger partial charge in [0.05, 0.1) is 11.9 Å². The number of nitrogens with zero attached hydrogens (tertiary/aromatic N) is 2. The highest BCUT2D eigenvalue weighted by molar-refractivity contribution is 7.92. The molecule has 0 radical (unpaired) electrons. The van der Waals surface area contributed by atoms with Crippen molar-refractivity contribution in [3.63, 3.8) is 0 Å². The van der Waals surface area contributed by atoms with Gasteiger partial charge in [0, 0.05) is 25.7 Å². The number of anilines is 1. The third kappa shape index (κ3) is 3.56. The molecule has 0 aliphatic heterocycles. The van der Waals surface area contributed by atoms with Crippen molar-refractivity contribution < 1.29 is 13.2 Å². The fourth-order valence-electron chi connectivity index (χ4n) is 2.67. The Balaban J connectivity index is 2.13. The zero-order chi connectivity index (χ0) is 15.6. The Morgan fingerprint density at radius 2 is 1.62 bits per heavy atom. The molecule has 21 heavy (non-hydrogen) atoms. The summed E-state index contributed by atoms with van der Waals surface area (Å²) in [7, 11) is 0.0586. The number of amides is 1. The Kier molecular flexibility index (Phi) is 4.56. The molecule has 1 aromatic carbocycles. The van der Waals surface area contributed by atoms with Crippen LogP contribution in [0, 0.1) is 0 Å². The lowest BCUT2D eigenvalue weighted by Crippen LogP contribution is -2.35. The molecular weight excluding hydrogens is 288 g/mol. The molecule has 116 valence electrons. The molecule has 6 heteroatoms. The van der Waals surface area contributed by atoms with Crippen molar-refractivity contribution in [2.24, 2.45) is 0 Å². The predicted octanol–water partition coefficient (Wildman–Crippen LogP) is 2.10. The van der Waals surface area contributed by atoms with E-state index < -0.39 is 10.0 Å². The van der Waals surface area contributed by atoms with E-state index in [2.05, 4.69) is 0 Å². The summed E-state index contributed by atoms with van der Waals surface area (Å²) in [6.07, 6.45) is 5.65. The van der Waals surface area contributed by atoms with E-state index in [4.69, 9.17) is 0 Å². The van der Waals surface area contributed by atoms with Gasteiger partial charge in [0.1, 0.15) is 0 Å². The molecule has 0 spiro atoms. The quantitative estimate of drug-likeness (QED) is 0.855. The SMILES string of the molecule is CN(C(=O)c1ccc(N(C)S(C)(=O)=O)cc1)C1CCCC1. The van der Waals surface area contributed by atoms with Crippen LogP contribution in [0.3, 0.4) is 0 Å². The second-order valence-electron chi connectivity index (χ2n) is 5.63. The van der Waals surface area contributed by atoms with E-state index in [0.29, 0.717) is 17.3 Å². The lowest BCUT2D eigenvalue weighted by atomic mass is 10.1. The first kappa shape index (κ1) is 15.8. The molecular formula is C15H22N2O3S. The number of carbonyl (C=O) groups is 1. The van der Waals surface area contributed by atoms with Gasteiger partial charge in [-0.05, 0) is 37.1 Å². The van der Waals surface area contributed by atoms with Crippen LogP contribution in [0.1, 0.15) is 36.0 Å². The molecule has 1 saturated carbocycles. The topological polar surface area (TPSA) is 57.7 Å². The van der Waals surface area contributed by atoms with Gasteiger partial charge in [0.25, 0.3) is 5.91 Å². The second kappa shape index (κ2) is 6.05. The second-order valence-corrected chi connectivity index (χ2v) is 7.65. The van der Waals surface area contributed by atoms with Gasteiger partial charge in [0.2, 0.25) is 10.0 Å². The van der Waals surface area contributed by atoms with Crippen molar-refractivity contribution in [3.05, 3.63) is 29.8 Å². The van der Waals surface area contributed by atoms with Crippen LogP contribution in [0.15, 0.2) is 24.3 Å². The highest BCUT2D eigenvalue weighted by Crippen LogP contribution is 2.24. The van der Waals surface area contributed by atoms with Crippen LogP contribution in [0.4, 0.5) is 5.69 Å². The maximum atomic E-state index is 12.4. The molecule has 0 aromatic heterocycles. The van der Waals surface area contributed by atoms with Gasteiger partial charge in [-0.2, -0.15) is 0 Å². The molecule has 1 aliphatic rings. The van der Waals surface area contributed by atoms with Gasteiger partial charge in [-0.3, -0.25) is 9.10 Å². The van der Waals surface area contributed by atoms with Crippen molar-refractivity contribution in [1.29, 1.82) is 0 Å². The first-order valence-electron chi connectivity index (χ1n) is 7.12. The summed E-state index contributed by atoms with van der Waals surface area (Å²) in [5.74, 6) is -0.00420. The zero-order valence-corrected chi connectivity index (χ0v) is 13.6. The van der Waals surface area contributed by atoms with Crippen molar-refractivity contribution in [2.45, 2.75) is 31.7 Å². The van der Waals surface area contributed by atoms with Crippen LogP contribution in [-0.2, 0) is 10.0 Å². The highest BCUT2D eigenvalue weighted by atomic mass is 32.2. The summed E-state index contributed by atoms with van der Waals surface area (Å²) in [5, 5.41) is 0. The molecule has 1 aromatic rings. The van der Waals surface area contributed by atoms with E-state index in [9.17, 15) is 13.2 Å². The van der Waals surface area contributed by atoms with Crippen molar-refractivity contribution in [2.75, 3.05) is 24.7 Å². The summed E-state index contributed by atoms with van der Waals surface area (Å²) in [4.78, 5) is 14.2. The molecule has 1 fully saturated rings. The van der Waals surface area contributed by atoms with Crippen LogP contribution in [-0.4, -0.2) is 45.6 Å². The molecule has 0 saturated heterocycles. The molecule has 0 atom stereocenters. The molecule has 2 rings (SSSR count). The smallest absolute Gasteiger partial charge is 0.253 e. The van der Waals surface area contributed by atoms with Crippen LogP contribution in [0.2, 0.25) is 0 Å². The number of benzene rings is 1. The van der Waals surface area contributed by atoms with Crippen LogP contribution in [0.25, 0.3) is 0 Å². The Hall–Kier alpha value is -1.56. The minimum absolute atomic E-state index is 0.00420. The Labute approximate surface area is 126 Å². The van der Waals surface area contributed by atoms with E-state index in [1.54, 1.807) is 24.3 Å².